The van der Waals surface area contributed by atoms with Crippen molar-refractivity contribution < 1.29 is 41.3 Å². The van der Waals surface area contributed by atoms with E-state index >= 15 is 13.2 Å². The normalized spacial score (nSPS) is 23.7. The van der Waals surface area contributed by atoms with Gasteiger partial charge in [-0.1, -0.05) is 12.0 Å². The molecule has 0 N–H and O–H groups in total. The van der Waals surface area contributed by atoms with Gasteiger partial charge in [-0.2, -0.15) is 14.4 Å². The Morgan fingerprint density at radius 1 is 1.04 bits per heavy atom. The predicted octanol–water partition coefficient (Wildman–Crippen LogP) is 6.77. The van der Waals surface area contributed by atoms with Crippen molar-refractivity contribution >= 4 is 33.6 Å². The molecule has 4 aliphatic heterocycles. The fourth-order valence-electron chi connectivity index (χ4n) is 8.85. The third-order valence-corrected chi connectivity index (χ3v) is 11.1. The molecule has 55 heavy (non-hydrogen) atoms. The van der Waals surface area contributed by atoms with E-state index in [4.69, 9.17) is 25.4 Å². The summed E-state index contributed by atoms with van der Waals surface area (Å²) in [7, 11) is 1.43. The topological polar surface area (TPSA) is 102 Å². The van der Waals surface area contributed by atoms with Crippen LogP contribution in [0.25, 0.3) is 32.9 Å². The Morgan fingerprint density at radius 3 is 2.51 bits per heavy atom. The van der Waals surface area contributed by atoms with Gasteiger partial charge in [0.15, 0.2) is 12.6 Å². The maximum atomic E-state index is 17.3. The van der Waals surface area contributed by atoms with E-state index in [-0.39, 0.29) is 84.5 Å². The number of carbonyl (C=O) groups is 1. The summed E-state index contributed by atoms with van der Waals surface area (Å²) in [4.78, 5) is 32.1. The number of ether oxygens (including phenoxy) is 4. The van der Waals surface area contributed by atoms with Crippen LogP contribution in [0.1, 0.15) is 58.4 Å². The van der Waals surface area contributed by atoms with E-state index in [1.807, 2.05) is 0 Å². The first kappa shape index (κ1) is 37.0. The number of carbonyl (C=O) groups excluding carboxylic acids is 1. The lowest BCUT2D eigenvalue weighted by atomic mass is 9.95. The van der Waals surface area contributed by atoms with Crippen molar-refractivity contribution in [2.45, 2.75) is 82.3 Å². The van der Waals surface area contributed by atoms with E-state index in [0.29, 0.717) is 31.2 Å². The first-order valence-corrected chi connectivity index (χ1v) is 18.5. The van der Waals surface area contributed by atoms with Gasteiger partial charge < -0.3 is 23.8 Å². The van der Waals surface area contributed by atoms with Gasteiger partial charge in [-0.25, -0.2) is 22.9 Å². The van der Waals surface area contributed by atoms with Gasteiger partial charge >= 0.3 is 12.1 Å². The number of hydrogen-bond acceptors (Lipinski definition) is 10. The zero-order valence-electron chi connectivity index (χ0n) is 31.1. The van der Waals surface area contributed by atoms with Crippen LogP contribution in [0.2, 0.25) is 0 Å². The van der Waals surface area contributed by atoms with Crippen LogP contribution < -0.4 is 14.4 Å². The smallest absolute Gasteiger partial charge is 0.410 e. The molecule has 6 heterocycles. The fourth-order valence-corrected chi connectivity index (χ4v) is 8.85. The molecule has 8 rings (SSSR count). The number of alkyl halides is 1. The number of aromatic nitrogens is 3. The number of benzene rings is 2. The molecule has 2 aromatic carbocycles. The summed E-state index contributed by atoms with van der Waals surface area (Å²) in [5.41, 5.74) is -2.36. The highest BCUT2D eigenvalue weighted by molar-refractivity contribution is 6.03. The van der Waals surface area contributed by atoms with E-state index in [0.717, 1.165) is 13.0 Å². The van der Waals surface area contributed by atoms with Gasteiger partial charge in [0.05, 0.1) is 23.2 Å². The molecular weight excluding hydrogens is 720 g/mol. The number of terminal acetylenes is 1. The molecule has 4 aromatic rings. The van der Waals surface area contributed by atoms with Crippen molar-refractivity contribution in [1.29, 1.82) is 0 Å². The number of anilines is 1. The first-order chi connectivity index (χ1) is 26.3. The second kappa shape index (κ2) is 14.0. The number of methoxy groups -OCH3 is 1. The Bertz CT molecular complexity index is 2220. The Hall–Kier alpha value is -4.94. The van der Waals surface area contributed by atoms with E-state index in [1.54, 1.807) is 36.6 Å². The maximum Gasteiger partial charge on any atom is 0.410 e. The molecule has 11 nitrogen and oxygen atoms in total. The zero-order chi connectivity index (χ0) is 38.8. The lowest BCUT2D eigenvalue weighted by Gasteiger charge is -2.42. The van der Waals surface area contributed by atoms with Crippen LogP contribution in [-0.2, 0) is 9.47 Å². The summed E-state index contributed by atoms with van der Waals surface area (Å²) in [6.45, 7) is 6.83. The van der Waals surface area contributed by atoms with Crippen molar-refractivity contribution in [3.05, 3.63) is 47.4 Å². The second-order valence-corrected chi connectivity index (χ2v) is 15.8. The molecule has 290 valence electrons. The minimum absolute atomic E-state index is 0.0265. The third-order valence-electron chi connectivity index (χ3n) is 11.1. The molecule has 4 saturated heterocycles. The van der Waals surface area contributed by atoms with Crippen LogP contribution in [0, 0.1) is 29.9 Å². The second-order valence-electron chi connectivity index (χ2n) is 15.8. The highest BCUT2D eigenvalue weighted by atomic mass is 19.1. The zero-order valence-corrected chi connectivity index (χ0v) is 31.1. The van der Waals surface area contributed by atoms with Gasteiger partial charge in [0, 0.05) is 44.1 Å². The number of rotatable bonds is 8. The largest absolute Gasteiger partial charge is 0.468 e. The number of hydrogen-bond donors (Lipinski definition) is 0. The van der Waals surface area contributed by atoms with Crippen LogP contribution >= 0.6 is 0 Å². The summed E-state index contributed by atoms with van der Waals surface area (Å²) in [5, 5.41) is 0.234. The molecule has 4 fully saturated rings. The quantitative estimate of drug-likeness (QED) is 0.0828. The van der Waals surface area contributed by atoms with Crippen LogP contribution in [-0.4, -0.2) is 107 Å². The molecule has 0 spiro atoms. The van der Waals surface area contributed by atoms with Crippen molar-refractivity contribution in [1.82, 2.24) is 24.8 Å². The van der Waals surface area contributed by atoms with E-state index in [2.05, 4.69) is 25.8 Å². The number of piperazine rings is 1. The summed E-state index contributed by atoms with van der Waals surface area (Å²) in [5.74, 6) is -0.233. The molecule has 4 aliphatic rings. The lowest BCUT2D eigenvalue weighted by molar-refractivity contribution is 0.0122. The first-order valence-electron chi connectivity index (χ1n) is 18.5. The highest BCUT2D eigenvalue weighted by Crippen LogP contribution is 2.43. The summed E-state index contributed by atoms with van der Waals surface area (Å²) >= 11 is 0. The van der Waals surface area contributed by atoms with Crippen LogP contribution in [0.15, 0.2) is 24.3 Å². The average Bonchev–Trinajstić information content (AvgIpc) is 3.76. The summed E-state index contributed by atoms with van der Waals surface area (Å²) in [6.07, 6.45) is 7.53. The third kappa shape index (κ3) is 6.63. The van der Waals surface area contributed by atoms with Gasteiger partial charge in [-0.3, -0.25) is 9.80 Å². The number of halogens is 4. The van der Waals surface area contributed by atoms with Crippen molar-refractivity contribution in [3.8, 4) is 35.4 Å². The van der Waals surface area contributed by atoms with Gasteiger partial charge in [-0.15, -0.1) is 6.42 Å². The van der Waals surface area contributed by atoms with E-state index < -0.39 is 52.2 Å². The Balaban J connectivity index is 1.27. The molecule has 0 unspecified atom stereocenters. The molecule has 4 atom stereocenters. The molecule has 15 heteroatoms. The monoisotopic (exact) mass is 762 g/mol. The molecule has 2 aromatic heterocycles. The molecule has 0 aliphatic carbocycles. The predicted molar refractivity (Wildman–Crippen MR) is 196 cm³/mol. The molecule has 0 radical (unpaired) electrons. The number of fused-ring (bicyclic) bond motifs is 5. The van der Waals surface area contributed by atoms with Gasteiger partial charge in [0.25, 0.3) is 0 Å². The van der Waals surface area contributed by atoms with Gasteiger partial charge in [0.1, 0.15) is 52.4 Å². The number of nitrogens with zero attached hydrogens (tertiary/aromatic N) is 6. The van der Waals surface area contributed by atoms with Gasteiger partial charge in [-0.05, 0) is 76.6 Å². The van der Waals surface area contributed by atoms with Crippen molar-refractivity contribution in [2.75, 3.05) is 51.6 Å². The summed E-state index contributed by atoms with van der Waals surface area (Å²) < 4.78 is 86.5. The molecular formula is C40H42F4N6O5. The van der Waals surface area contributed by atoms with Crippen LogP contribution in [0.3, 0.4) is 0 Å². The Labute approximate surface area is 315 Å². The van der Waals surface area contributed by atoms with Gasteiger partial charge in [0.2, 0.25) is 5.95 Å². The molecule has 1 amide bonds. The maximum absolute atomic E-state index is 17.3. The Kier molecular flexibility index (Phi) is 9.40. The minimum atomic E-state index is -1.08. The van der Waals surface area contributed by atoms with E-state index in [1.165, 1.54) is 25.3 Å². The van der Waals surface area contributed by atoms with Crippen LogP contribution in [0.4, 0.5) is 28.2 Å². The lowest BCUT2D eigenvalue weighted by Crippen LogP contribution is -2.57. The standard InChI is InChI=1S/C40H42F4N6O5/c1-6-27-29(42)11-8-22-14-26(54-21-52-5)15-28(30(22)27)33-32(43)34-31(35(44)45-33)36(47-37(46-34)53-20-40-12-7-13-49(40)17-23(41)16-40)48-18-24-9-10-25(19-48)50(24)38(51)55-39(2,3)4/h1,8,11,14-15,23-25H,7,9-10,12-13,16-21H2,2-5H3/t23-,24-,25+,40+/m1/s1. The van der Waals surface area contributed by atoms with Crippen LogP contribution in [0.5, 0.6) is 11.8 Å². The molecule has 2 bridgehead atoms. The fraction of sp³-hybridized carbons (Fsp3) is 0.500. The Morgan fingerprint density at radius 2 is 1.80 bits per heavy atom. The summed E-state index contributed by atoms with van der Waals surface area (Å²) in [6, 6.07) is 4.83. The van der Waals surface area contributed by atoms with Crippen molar-refractivity contribution in [3.63, 3.8) is 0 Å². The molecule has 0 saturated carbocycles. The minimum Gasteiger partial charge on any atom is -0.468 e. The highest BCUT2D eigenvalue weighted by Gasteiger charge is 2.50. The number of pyridine rings is 1. The average molecular weight is 763 g/mol. The number of amides is 1. The SMILES string of the molecule is C#Cc1c(F)ccc2cc(OCOC)cc(-c3nc(F)c4c(N5C[C@H]6CC[C@@H](C5)N6C(=O)OC(C)(C)C)nc(OC[C@@]56CCCN5C[C@H](F)C6)nc4c3F)c12. The van der Waals surface area contributed by atoms with Crippen molar-refractivity contribution in [2.24, 2.45) is 0 Å². The van der Waals surface area contributed by atoms with E-state index in [9.17, 15) is 9.18 Å².